The molecule has 1 atom stereocenters. The van der Waals surface area contributed by atoms with Gasteiger partial charge in [-0.2, -0.15) is 0 Å². The fraction of sp³-hybridized carbons (Fsp3) is 0.600. The summed E-state index contributed by atoms with van der Waals surface area (Å²) in [5.41, 5.74) is 0. The predicted molar refractivity (Wildman–Crippen MR) is 32.5 cm³/mol. The van der Waals surface area contributed by atoms with Gasteiger partial charge in [-0.15, -0.1) is 0 Å². The van der Waals surface area contributed by atoms with E-state index in [1.54, 1.807) is 0 Å². The second-order valence-electron chi connectivity index (χ2n) is 1.90. The first kappa shape index (κ1) is 5.69. The van der Waals surface area contributed by atoms with E-state index >= 15 is 0 Å². The molecular formula is C5H6O2S. The van der Waals surface area contributed by atoms with Crippen LogP contribution in [0.5, 0.6) is 0 Å². The Hall–Kier alpha value is -0.440. The van der Waals surface area contributed by atoms with Crippen LogP contribution in [0, 0.1) is 5.92 Å². The Labute approximate surface area is 52.8 Å². The second-order valence-corrected chi connectivity index (χ2v) is 2.35. The number of hydrogen-bond acceptors (Lipinski definition) is 3. The van der Waals surface area contributed by atoms with E-state index in [0.717, 1.165) is 0 Å². The molecule has 1 aliphatic rings. The monoisotopic (exact) mass is 130 g/mol. The highest BCUT2D eigenvalue weighted by Crippen LogP contribution is 2.15. The Bertz CT molecular complexity index is 141. The van der Waals surface area contributed by atoms with Gasteiger partial charge in [0, 0.05) is 6.42 Å². The van der Waals surface area contributed by atoms with Crippen molar-refractivity contribution in [1.82, 2.24) is 0 Å². The largest absolute Gasteiger partial charge is 0.419 e. The van der Waals surface area contributed by atoms with Crippen molar-refractivity contribution in [3.63, 3.8) is 0 Å². The third-order valence-electron chi connectivity index (χ3n) is 1.09. The molecule has 44 valence electrons. The fourth-order valence-electron chi connectivity index (χ4n) is 0.588. The summed E-state index contributed by atoms with van der Waals surface area (Å²) in [4.78, 5) is 10.5. The molecular weight excluding hydrogens is 124 g/mol. The molecule has 1 fully saturated rings. The van der Waals surface area contributed by atoms with E-state index in [9.17, 15) is 4.79 Å². The summed E-state index contributed by atoms with van der Waals surface area (Å²) in [7, 11) is 0. The van der Waals surface area contributed by atoms with Gasteiger partial charge in [-0.3, -0.25) is 4.79 Å². The number of hydrogen-bond donors (Lipinski definition) is 0. The lowest BCUT2D eigenvalue weighted by Gasteiger charge is -1.87. The first-order valence-electron chi connectivity index (χ1n) is 2.44. The van der Waals surface area contributed by atoms with Gasteiger partial charge in [0.05, 0.1) is 5.92 Å². The van der Waals surface area contributed by atoms with Crippen LogP contribution in [-0.2, 0) is 9.53 Å². The summed E-state index contributed by atoms with van der Waals surface area (Å²) in [5.74, 6) is -0.197. The maximum Gasteiger partial charge on any atom is 0.315 e. The maximum absolute atomic E-state index is 10.5. The number of carbonyl (C=O) groups excluding carboxylic acids is 1. The molecule has 1 aliphatic heterocycles. The highest BCUT2D eigenvalue weighted by molar-refractivity contribution is 7.80. The number of ether oxygens (including phenoxy) is 1. The molecule has 8 heavy (non-hydrogen) atoms. The van der Waals surface area contributed by atoms with Crippen LogP contribution in [0.3, 0.4) is 0 Å². The Morgan fingerprint density at radius 3 is 2.62 bits per heavy atom. The summed E-state index contributed by atoms with van der Waals surface area (Å²) in [6.45, 7) is 1.81. The first-order chi connectivity index (χ1) is 3.70. The number of thiocarbonyl (C=S) groups is 1. The SMILES string of the molecule is CC1CC(=S)OC1=O. The van der Waals surface area contributed by atoms with Gasteiger partial charge in [-0.25, -0.2) is 0 Å². The molecule has 1 rings (SSSR count). The lowest BCUT2D eigenvalue weighted by atomic mass is 10.1. The molecule has 3 heteroatoms. The molecule has 0 aliphatic carbocycles. The zero-order valence-electron chi connectivity index (χ0n) is 4.51. The summed E-state index contributed by atoms with van der Waals surface area (Å²) >= 11 is 4.63. The molecule has 1 saturated heterocycles. The zero-order valence-corrected chi connectivity index (χ0v) is 5.33. The van der Waals surface area contributed by atoms with E-state index < -0.39 is 0 Å². The number of carbonyl (C=O) groups is 1. The molecule has 2 nitrogen and oxygen atoms in total. The van der Waals surface area contributed by atoms with Gasteiger partial charge in [0.2, 0.25) is 0 Å². The van der Waals surface area contributed by atoms with Crippen LogP contribution in [0.4, 0.5) is 0 Å². The highest BCUT2D eigenvalue weighted by Gasteiger charge is 2.25. The number of cyclic esters (lactones) is 1. The van der Waals surface area contributed by atoms with E-state index in [4.69, 9.17) is 0 Å². The van der Waals surface area contributed by atoms with Crippen molar-refractivity contribution in [3.05, 3.63) is 0 Å². The third kappa shape index (κ3) is 0.865. The Morgan fingerprint density at radius 2 is 2.50 bits per heavy atom. The molecule has 0 radical (unpaired) electrons. The lowest BCUT2D eigenvalue weighted by Crippen LogP contribution is -2.01. The molecule has 0 aromatic heterocycles. The van der Waals surface area contributed by atoms with Crippen molar-refractivity contribution in [1.29, 1.82) is 0 Å². The van der Waals surface area contributed by atoms with Crippen molar-refractivity contribution in [2.45, 2.75) is 13.3 Å². The van der Waals surface area contributed by atoms with Crippen LogP contribution in [-0.4, -0.2) is 11.0 Å². The van der Waals surface area contributed by atoms with Crippen molar-refractivity contribution in [2.75, 3.05) is 0 Å². The molecule has 0 aromatic rings. The minimum atomic E-state index is -0.185. The quantitative estimate of drug-likeness (QED) is 0.360. The Morgan fingerprint density at radius 1 is 1.88 bits per heavy atom. The van der Waals surface area contributed by atoms with Gasteiger partial charge in [0.15, 0.2) is 5.05 Å². The summed E-state index contributed by atoms with van der Waals surface area (Å²) in [6.07, 6.45) is 0.619. The van der Waals surface area contributed by atoms with E-state index in [2.05, 4.69) is 17.0 Å². The van der Waals surface area contributed by atoms with Gasteiger partial charge in [0.25, 0.3) is 0 Å². The molecule has 0 spiro atoms. The predicted octanol–water partition coefficient (Wildman–Crippen LogP) is 0.897. The van der Waals surface area contributed by atoms with Crippen LogP contribution in [0.1, 0.15) is 13.3 Å². The maximum atomic E-state index is 10.5. The minimum Gasteiger partial charge on any atom is -0.419 e. The number of esters is 1. The first-order valence-corrected chi connectivity index (χ1v) is 2.85. The third-order valence-corrected chi connectivity index (χ3v) is 1.34. The van der Waals surface area contributed by atoms with Gasteiger partial charge < -0.3 is 4.74 Å². The molecule has 1 unspecified atom stereocenters. The van der Waals surface area contributed by atoms with Crippen LogP contribution >= 0.6 is 12.2 Å². The van der Waals surface area contributed by atoms with Crippen LogP contribution in [0.15, 0.2) is 0 Å². The average Bonchev–Trinajstić information content (AvgIpc) is 1.85. The van der Waals surface area contributed by atoms with Crippen molar-refractivity contribution < 1.29 is 9.53 Å². The smallest absolute Gasteiger partial charge is 0.315 e. The van der Waals surface area contributed by atoms with Crippen LogP contribution < -0.4 is 0 Å². The van der Waals surface area contributed by atoms with Gasteiger partial charge in [0.1, 0.15) is 0 Å². The molecule has 0 N–H and O–H groups in total. The van der Waals surface area contributed by atoms with Gasteiger partial charge in [-0.1, -0.05) is 6.92 Å². The van der Waals surface area contributed by atoms with Gasteiger partial charge >= 0.3 is 5.97 Å². The van der Waals surface area contributed by atoms with Crippen molar-refractivity contribution in [3.8, 4) is 0 Å². The van der Waals surface area contributed by atoms with Crippen molar-refractivity contribution >= 4 is 23.2 Å². The van der Waals surface area contributed by atoms with Crippen LogP contribution in [0.25, 0.3) is 0 Å². The Kier molecular flexibility index (Phi) is 1.29. The van der Waals surface area contributed by atoms with E-state index in [0.29, 0.717) is 11.5 Å². The van der Waals surface area contributed by atoms with E-state index in [1.165, 1.54) is 0 Å². The van der Waals surface area contributed by atoms with Gasteiger partial charge in [-0.05, 0) is 12.2 Å². The topological polar surface area (TPSA) is 26.3 Å². The average molecular weight is 130 g/mol. The lowest BCUT2D eigenvalue weighted by molar-refractivity contribution is -0.136. The highest BCUT2D eigenvalue weighted by atomic mass is 32.1. The van der Waals surface area contributed by atoms with Crippen molar-refractivity contribution in [2.24, 2.45) is 5.92 Å². The second kappa shape index (κ2) is 1.82. The summed E-state index contributed by atoms with van der Waals surface area (Å²) in [6, 6.07) is 0. The van der Waals surface area contributed by atoms with E-state index in [1.807, 2.05) is 6.92 Å². The molecule has 0 amide bonds. The Balaban J connectivity index is 2.64. The normalized spacial score (nSPS) is 28.4. The summed E-state index contributed by atoms with van der Waals surface area (Å²) in [5, 5.41) is 0.433. The number of rotatable bonds is 0. The standard InChI is InChI=1S/C5H6O2S/c1-3-2-4(8)7-5(3)6/h3H,2H2,1H3. The summed E-state index contributed by atoms with van der Waals surface area (Å²) < 4.78 is 4.57. The zero-order chi connectivity index (χ0) is 6.15. The molecule has 0 aromatic carbocycles. The van der Waals surface area contributed by atoms with Crippen LogP contribution in [0.2, 0.25) is 0 Å². The fourth-order valence-corrected chi connectivity index (χ4v) is 0.920. The van der Waals surface area contributed by atoms with E-state index in [-0.39, 0.29) is 11.9 Å². The molecule has 0 saturated carbocycles. The molecule has 1 heterocycles. The minimum absolute atomic E-state index is 0.0116. The molecule has 0 bridgehead atoms.